The first-order valence-corrected chi connectivity index (χ1v) is 3.37. The van der Waals surface area contributed by atoms with E-state index in [0.29, 0.717) is 16.0 Å². The molecule has 0 bridgehead atoms. The van der Waals surface area contributed by atoms with Crippen LogP contribution >= 0.6 is 0 Å². The van der Waals surface area contributed by atoms with E-state index in [2.05, 4.69) is 0 Å². The summed E-state index contributed by atoms with van der Waals surface area (Å²) < 4.78 is 0.507. The molecule has 1 rings (SSSR count). The molecule has 5 nitrogen and oxygen atoms in total. The Hall–Kier alpha value is -1.65. The van der Waals surface area contributed by atoms with Crippen LogP contribution < -0.4 is 4.73 Å². The lowest BCUT2D eigenvalue weighted by Crippen LogP contribution is -2.30. The molecule has 0 unspecified atom stereocenters. The van der Waals surface area contributed by atoms with E-state index in [-0.39, 0.29) is 5.69 Å². The SMILES string of the molecule is Cc1cc([N+](=O)[O-])c[n+]([O-])c1C. The number of aryl methyl sites for hydroxylation is 1. The van der Waals surface area contributed by atoms with Gasteiger partial charge in [-0.15, -0.1) is 0 Å². The third kappa shape index (κ3) is 1.34. The minimum atomic E-state index is -0.582. The van der Waals surface area contributed by atoms with Crippen LogP contribution in [0.4, 0.5) is 5.69 Å². The zero-order chi connectivity index (χ0) is 9.30. The Bertz CT molecular complexity index is 312. The highest BCUT2D eigenvalue weighted by Gasteiger charge is 2.14. The van der Waals surface area contributed by atoms with Gasteiger partial charge in [-0.05, 0) is 6.92 Å². The summed E-state index contributed by atoms with van der Waals surface area (Å²) in [5.74, 6) is 0. The van der Waals surface area contributed by atoms with Crippen LogP contribution in [0.1, 0.15) is 11.3 Å². The summed E-state index contributed by atoms with van der Waals surface area (Å²) in [4.78, 5) is 9.69. The number of nitrogens with zero attached hydrogens (tertiary/aromatic N) is 2. The lowest BCUT2D eigenvalue weighted by atomic mass is 10.2. The summed E-state index contributed by atoms with van der Waals surface area (Å²) >= 11 is 0. The Morgan fingerprint density at radius 3 is 2.50 bits per heavy atom. The molecular weight excluding hydrogens is 160 g/mol. The number of pyridine rings is 1. The van der Waals surface area contributed by atoms with Crippen LogP contribution in [0.3, 0.4) is 0 Å². The standard InChI is InChI=1S/C7H8N2O3/c1-5-3-7(9(11)12)4-8(10)6(5)2/h3-4H,1-2H3. The number of nitro groups is 1. The first-order valence-electron chi connectivity index (χ1n) is 3.37. The summed E-state index contributed by atoms with van der Waals surface area (Å²) in [5, 5.41) is 21.2. The van der Waals surface area contributed by atoms with Gasteiger partial charge in [0.25, 0.3) is 6.20 Å². The average molecular weight is 168 g/mol. The number of aromatic nitrogens is 1. The molecule has 1 aromatic rings. The summed E-state index contributed by atoms with van der Waals surface area (Å²) in [5.41, 5.74) is 0.938. The molecule has 12 heavy (non-hydrogen) atoms. The van der Waals surface area contributed by atoms with Crippen molar-refractivity contribution in [1.29, 1.82) is 0 Å². The average Bonchev–Trinajstić information content (AvgIpc) is 1.99. The Morgan fingerprint density at radius 2 is 2.08 bits per heavy atom. The van der Waals surface area contributed by atoms with E-state index < -0.39 is 4.92 Å². The van der Waals surface area contributed by atoms with Crippen LogP contribution in [0, 0.1) is 29.2 Å². The second-order valence-corrected chi connectivity index (χ2v) is 2.55. The highest BCUT2D eigenvalue weighted by atomic mass is 16.6. The van der Waals surface area contributed by atoms with Gasteiger partial charge in [0.2, 0.25) is 0 Å². The molecule has 5 heteroatoms. The predicted molar refractivity (Wildman–Crippen MR) is 41.5 cm³/mol. The molecule has 0 aliphatic rings. The third-order valence-corrected chi connectivity index (χ3v) is 1.73. The maximum absolute atomic E-state index is 11.0. The van der Waals surface area contributed by atoms with E-state index in [9.17, 15) is 15.3 Å². The second kappa shape index (κ2) is 2.77. The van der Waals surface area contributed by atoms with Crippen molar-refractivity contribution in [2.75, 3.05) is 0 Å². The van der Waals surface area contributed by atoms with Gasteiger partial charge in [-0.3, -0.25) is 10.1 Å². The molecule has 1 aromatic heterocycles. The van der Waals surface area contributed by atoms with E-state index >= 15 is 0 Å². The minimum absolute atomic E-state index is 0.173. The quantitative estimate of drug-likeness (QED) is 0.270. The first-order chi connectivity index (χ1) is 5.52. The van der Waals surface area contributed by atoms with E-state index in [1.807, 2.05) is 0 Å². The molecule has 0 atom stereocenters. The Morgan fingerprint density at radius 1 is 1.50 bits per heavy atom. The van der Waals surface area contributed by atoms with Crippen molar-refractivity contribution < 1.29 is 9.65 Å². The highest BCUT2D eigenvalue weighted by Crippen LogP contribution is 2.11. The fourth-order valence-corrected chi connectivity index (χ4v) is 0.854. The lowest BCUT2D eigenvalue weighted by molar-refractivity contribution is -0.616. The van der Waals surface area contributed by atoms with Crippen LogP contribution in [-0.2, 0) is 0 Å². The predicted octanol–water partition coefficient (Wildman–Crippen LogP) is 0.845. The Balaban J connectivity index is 3.31. The molecule has 0 radical (unpaired) electrons. The van der Waals surface area contributed by atoms with E-state index in [0.717, 1.165) is 6.20 Å². The van der Waals surface area contributed by atoms with Crippen molar-refractivity contribution in [2.24, 2.45) is 0 Å². The molecule has 0 aliphatic carbocycles. The minimum Gasteiger partial charge on any atom is -0.618 e. The maximum atomic E-state index is 11.0. The summed E-state index contributed by atoms with van der Waals surface area (Å²) in [7, 11) is 0. The van der Waals surface area contributed by atoms with Crippen molar-refractivity contribution in [3.8, 4) is 0 Å². The second-order valence-electron chi connectivity index (χ2n) is 2.55. The number of rotatable bonds is 1. The van der Waals surface area contributed by atoms with Crippen LogP contribution in [-0.4, -0.2) is 4.92 Å². The van der Waals surface area contributed by atoms with Crippen molar-refractivity contribution in [3.05, 3.63) is 38.8 Å². The third-order valence-electron chi connectivity index (χ3n) is 1.73. The van der Waals surface area contributed by atoms with Gasteiger partial charge in [0.1, 0.15) is 0 Å². The van der Waals surface area contributed by atoms with Gasteiger partial charge in [0, 0.05) is 18.6 Å². The Labute approximate surface area is 69.0 Å². The Kier molecular flexibility index (Phi) is 1.95. The largest absolute Gasteiger partial charge is 0.618 e. The van der Waals surface area contributed by atoms with Crippen molar-refractivity contribution in [2.45, 2.75) is 13.8 Å². The molecular formula is C7H8N2O3. The normalized spacial score (nSPS) is 9.83. The monoisotopic (exact) mass is 168 g/mol. The summed E-state index contributed by atoms with van der Waals surface area (Å²) in [6, 6.07) is 1.38. The van der Waals surface area contributed by atoms with Crippen molar-refractivity contribution in [1.82, 2.24) is 0 Å². The molecule has 1 heterocycles. The molecule has 64 valence electrons. The number of hydrogen-bond donors (Lipinski definition) is 0. The fraction of sp³-hybridized carbons (Fsp3) is 0.286. The van der Waals surface area contributed by atoms with Gasteiger partial charge >= 0.3 is 5.69 Å². The van der Waals surface area contributed by atoms with Crippen LogP contribution in [0.15, 0.2) is 12.3 Å². The summed E-state index contributed by atoms with van der Waals surface area (Å²) in [6.07, 6.45) is 0.961. The fourth-order valence-electron chi connectivity index (χ4n) is 0.854. The topological polar surface area (TPSA) is 70.1 Å². The lowest BCUT2D eigenvalue weighted by Gasteiger charge is -2.01. The van der Waals surface area contributed by atoms with Gasteiger partial charge < -0.3 is 5.21 Å². The van der Waals surface area contributed by atoms with Crippen LogP contribution in [0.25, 0.3) is 0 Å². The van der Waals surface area contributed by atoms with E-state index in [4.69, 9.17) is 0 Å². The number of hydrogen-bond acceptors (Lipinski definition) is 3. The molecule has 0 aliphatic heterocycles. The molecule has 0 fully saturated rings. The molecule has 0 N–H and O–H groups in total. The molecule has 0 amide bonds. The zero-order valence-electron chi connectivity index (χ0n) is 6.77. The highest BCUT2D eigenvalue weighted by molar-refractivity contribution is 5.29. The summed E-state index contributed by atoms with van der Waals surface area (Å²) in [6.45, 7) is 3.28. The molecule has 0 spiro atoms. The van der Waals surface area contributed by atoms with Gasteiger partial charge in [-0.25, -0.2) is 0 Å². The van der Waals surface area contributed by atoms with Gasteiger partial charge in [-0.2, -0.15) is 4.73 Å². The molecule has 0 saturated heterocycles. The zero-order valence-corrected chi connectivity index (χ0v) is 6.77. The van der Waals surface area contributed by atoms with Crippen LogP contribution in [0.5, 0.6) is 0 Å². The first kappa shape index (κ1) is 8.45. The smallest absolute Gasteiger partial charge is 0.333 e. The van der Waals surface area contributed by atoms with Crippen LogP contribution in [0.2, 0.25) is 0 Å². The molecule has 0 saturated carbocycles. The molecule has 0 aromatic carbocycles. The van der Waals surface area contributed by atoms with Crippen molar-refractivity contribution in [3.63, 3.8) is 0 Å². The van der Waals surface area contributed by atoms with Gasteiger partial charge in [-0.1, -0.05) is 0 Å². The van der Waals surface area contributed by atoms with Gasteiger partial charge in [0.05, 0.1) is 4.92 Å². The van der Waals surface area contributed by atoms with Crippen molar-refractivity contribution >= 4 is 5.69 Å². The van der Waals surface area contributed by atoms with E-state index in [1.54, 1.807) is 13.8 Å². The van der Waals surface area contributed by atoms with Gasteiger partial charge in [0.15, 0.2) is 5.69 Å². The van der Waals surface area contributed by atoms with E-state index in [1.165, 1.54) is 6.07 Å². The maximum Gasteiger partial charge on any atom is 0.333 e.